The van der Waals surface area contributed by atoms with Crippen LogP contribution in [0.25, 0.3) is 21.5 Å². The maximum Gasteiger partial charge on any atom is 0.326 e. The summed E-state index contributed by atoms with van der Waals surface area (Å²) in [7, 11) is 0. The number of carboxylic acid groups (broad SMARTS) is 2. The SMILES string of the molecule is CC[C@H](C)[C@H](NC(=O)[C@@H](CC(=O)O)NC(=O)[C@H](Cc1c[nH]c2ccccc12)NC(=O)[C@H](C)NC(=O)c1cc(-c2sc(NC(=O)c3ccccc3)nc2C)[nH]n1)C(=O)O. The topological polar surface area (TPSA) is 277 Å². The van der Waals surface area contributed by atoms with Gasteiger partial charge in [0.15, 0.2) is 10.8 Å². The highest BCUT2D eigenvalue weighted by Gasteiger charge is 2.34. The third-order valence-electron chi connectivity index (χ3n) is 9.37. The van der Waals surface area contributed by atoms with E-state index in [0.717, 1.165) is 10.9 Å². The van der Waals surface area contributed by atoms with Crippen molar-refractivity contribution in [3.05, 3.63) is 89.4 Å². The molecular formula is C39H43N9O9S. The quantitative estimate of drug-likeness (QED) is 0.0620. The minimum Gasteiger partial charge on any atom is -0.481 e. The largest absolute Gasteiger partial charge is 0.481 e. The fourth-order valence-corrected chi connectivity index (χ4v) is 6.90. The lowest BCUT2D eigenvalue weighted by Crippen LogP contribution is -2.58. The number of fused-ring (bicyclic) bond motifs is 1. The van der Waals surface area contributed by atoms with Crippen LogP contribution in [0.15, 0.2) is 66.9 Å². The zero-order valence-corrected chi connectivity index (χ0v) is 32.7. The molecule has 58 heavy (non-hydrogen) atoms. The van der Waals surface area contributed by atoms with E-state index in [-0.39, 0.29) is 18.0 Å². The molecule has 0 spiro atoms. The highest BCUT2D eigenvalue weighted by molar-refractivity contribution is 7.19. The van der Waals surface area contributed by atoms with Gasteiger partial charge in [-0.1, -0.05) is 68.0 Å². The number of carbonyl (C=O) groups excluding carboxylic acids is 5. The van der Waals surface area contributed by atoms with E-state index in [1.165, 1.54) is 24.3 Å². The Bertz CT molecular complexity index is 2320. The van der Waals surface area contributed by atoms with Crippen molar-refractivity contribution in [3.8, 4) is 10.6 Å². The van der Waals surface area contributed by atoms with Gasteiger partial charge in [-0.25, -0.2) is 9.78 Å². The molecule has 0 aliphatic rings. The summed E-state index contributed by atoms with van der Waals surface area (Å²) < 4.78 is 0. The van der Waals surface area contributed by atoms with Gasteiger partial charge in [0.1, 0.15) is 24.2 Å². The molecule has 18 nitrogen and oxygen atoms in total. The molecule has 19 heteroatoms. The predicted octanol–water partition coefficient (Wildman–Crippen LogP) is 3.00. The fraction of sp³-hybridized carbons (Fsp3) is 0.308. The van der Waals surface area contributed by atoms with E-state index in [1.807, 2.05) is 12.1 Å². The number of aromatic nitrogens is 4. The molecule has 2 aromatic carbocycles. The van der Waals surface area contributed by atoms with Crippen molar-refractivity contribution in [2.75, 3.05) is 5.32 Å². The fourth-order valence-electron chi connectivity index (χ4n) is 5.97. The Hall–Kier alpha value is -6.89. The van der Waals surface area contributed by atoms with Gasteiger partial charge in [-0.2, -0.15) is 5.10 Å². The van der Waals surface area contributed by atoms with E-state index in [2.05, 4.69) is 46.7 Å². The first-order valence-electron chi connectivity index (χ1n) is 18.3. The number of hydrogen-bond acceptors (Lipinski definition) is 10. The van der Waals surface area contributed by atoms with Crippen LogP contribution in [0.2, 0.25) is 0 Å². The lowest BCUT2D eigenvalue weighted by atomic mass is 9.98. The molecule has 9 N–H and O–H groups in total. The Labute approximate surface area is 335 Å². The Balaban J connectivity index is 1.29. The molecule has 5 amide bonds. The molecule has 304 valence electrons. The molecule has 0 saturated carbocycles. The van der Waals surface area contributed by atoms with Crippen molar-refractivity contribution in [1.29, 1.82) is 0 Å². The van der Waals surface area contributed by atoms with Crippen molar-refractivity contribution in [3.63, 3.8) is 0 Å². The minimum absolute atomic E-state index is 0.0648. The summed E-state index contributed by atoms with van der Waals surface area (Å²) >= 11 is 1.17. The van der Waals surface area contributed by atoms with Crippen LogP contribution in [-0.2, 0) is 30.4 Å². The van der Waals surface area contributed by atoms with Crippen LogP contribution in [0, 0.1) is 12.8 Å². The lowest BCUT2D eigenvalue weighted by Gasteiger charge is -2.26. The van der Waals surface area contributed by atoms with E-state index in [4.69, 9.17) is 0 Å². The average Bonchev–Trinajstić information content (AvgIpc) is 3.94. The standard InChI is InChI=1S/C39H43N9O9S/c1-5-19(2)31(38(56)57)45-36(54)28(17-30(49)50)44-35(53)27(15-23-18-40-25-14-10-9-13-24(23)25)43-33(51)21(4)41-37(55)29-16-26(47-48-29)32-20(3)42-39(58-32)46-34(52)22-11-7-6-8-12-22/h6-14,16,18-19,21,27-28,31,40H,5,15,17H2,1-4H3,(H,41,55)(H,43,51)(H,44,53)(H,45,54)(H,47,48)(H,49,50)(H,56,57)(H,42,46,52)/t19-,21-,27-,28+,31-/m0/s1. The number of H-pyrrole nitrogens is 2. The summed E-state index contributed by atoms with van der Waals surface area (Å²) in [5.41, 5.74) is 2.75. The average molecular weight is 814 g/mol. The van der Waals surface area contributed by atoms with Crippen molar-refractivity contribution >= 4 is 68.8 Å². The van der Waals surface area contributed by atoms with Crippen molar-refractivity contribution in [2.24, 2.45) is 5.92 Å². The van der Waals surface area contributed by atoms with Gasteiger partial charge in [-0.3, -0.25) is 39.2 Å². The first kappa shape index (κ1) is 42.3. The number of rotatable bonds is 18. The molecule has 0 fully saturated rings. The van der Waals surface area contributed by atoms with E-state index in [1.54, 1.807) is 69.4 Å². The molecule has 0 unspecified atom stereocenters. The Kier molecular flexibility index (Phi) is 13.7. The maximum atomic E-state index is 13.9. The number of aryl methyl sites for hydroxylation is 1. The van der Waals surface area contributed by atoms with Gasteiger partial charge in [-0.05, 0) is 49.6 Å². The highest BCUT2D eigenvalue weighted by atomic mass is 32.1. The van der Waals surface area contributed by atoms with Crippen LogP contribution in [0.5, 0.6) is 0 Å². The van der Waals surface area contributed by atoms with E-state index in [9.17, 15) is 43.8 Å². The Morgan fingerprint density at radius 1 is 0.828 bits per heavy atom. The Morgan fingerprint density at radius 2 is 1.50 bits per heavy atom. The van der Waals surface area contributed by atoms with Gasteiger partial charge < -0.3 is 36.5 Å². The van der Waals surface area contributed by atoms with E-state index >= 15 is 0 Å². The smallest absolute Gasteiger partial charge is 0.326 e. The number of anilines is 1. The van der Waals surface area contributed by atoms with Gasteiger partial charge in [-0.15, -0.1) is 0 Å². The van der Waals surface area contributed by atoms with Crippen LogP contribution < -0.4 is 26.6 Å². The molecule has 5 aromatic rings. The number of aromatic amines is 2. The number of aliphatic carboxylic acids is 2. The second kappa shape index (κ2) is 18.8. The molecule has 3 heterocycles. The Morgan fingerprint density at radius 3 is 2.19 bits per heavy atom. The van der Waals surface area contributed by atoms with Crippen LogP contribution in [-0.4, -0.2) is 96.0 Å². The van der Waals surface area contributed by atoms with Gasteiger partial charge in [0.2, 0.25) is 17.7 Å². The van der Waals surface area contributed by atoms with Crippen molar-refractivity contribution in [2.45, 2.75) is 71.1 Å². The lowest BCUT2D eigenvalue weighted by molar-refractivity contribution is -0.144. The molecule has 0 saturated heterocycles. The number of benzene rings is 2. The second-order valence-corrected chi connectivity index (χ2v) is 14.6. The number of nitrogens with zero attached hydrogens (tertiary/aromatic N) is 2. The number of para-hydroxylation sites is 1. The summed E-state index contributed by atoms with van der Waals surface area (Å²) in [5.74, 6) is -7.08. The van der Waals surface area contributed by atoms with Crippen LogP contribution in [0.3, 0.4) is 0 Å². The molecule has 0 bridgehead atoms. The maximum absolute atomic E-state index is 13.9. The van der Waals surface area contributed by atoms with Crippen molar-refractivity contribution in [1.82, 2.24) is 41.4 Å². The number of carboxylic acids is 2. The van der Waals surface area contributed by atoms with E-state index in [0.29, 0.717) is 38.9 Å². The molecule has 0 aliphatic heterocycles. The van der Waals surface area contributed by atoms with Gasteiger partial charge in [0.25, 0.3) is 11.8 Å². The number of nitrogens with one attached hydrogen (secondary N) is 7. The minimum atomic E-state index is -1.69. The third kappa shape index (κ3) is 10.5. The van der Waals surface area contributed by atoms with Crippen LogP contribution in [0.4, 0.5) is 5.13 Å². The number of thiazole rings is 1. The molecular weight excluding hydrogens is 771 g/mol. The summed E-state index contributed by atoms with van der Waals surface area (Å²) in [4.78, 5) is 98.3. The number of amides is 5. The molecule has 5 atom stereocenters. The first-order valence-corrected chi connectivity index (χ1v) is 19.1. The number of carbonyl (C=O) groups is 7. The summed E-state index contributed by atoms with van der Waals surface area (Å²) in [6.07, 6.45) is 1.05. The summed E-state index contributed by atoms with van der Waals surface area (Å²) in [5, 5.41) is 39.8. The first-order chi connectivity index (χ1) is 27.6. The second-order valence-electron chi connectivity index (χ2n) is 13.6. The molecule has 5 rings (SSSR count). The highest BCUT2D eigenvalue weighted by Crippen LogP contribution is 2.32. The van der Waals surface area contributed by atoms with Crippen LogP contribution >= 0.6 is 11.3 Å². The zero-order chi connectivity index (χ0) is 42.1. The zero-order valence-electron chi connectivity index (χ0n) is 31.9. The molecule has 0 aliphatic carbocycles. The molecule has 3 aromatic heterocycles. The van der Waals surface area contributed by atoms with Crippen LogP contribution in [0.1, 0.15) is 65.7 Å². The monoisotopic (exact) mass is 813 g/mol. The van der Waals surface area contributed by atoms with Crippen molar-refractivity contribution < 1.29 is 43.8 Å². The normalized spacial score (nSPS) is 13.7. The van der Waals surface area contributed by atoms with Gasteiger partial charge in [0.05, 0.1) is 22.7 Å². The summed E-state index contributed by atoms with van der Waals surface area (Å²) in [6.45, 7) is 6.45. The number of hydrogen-bond donors (Lipinski definition) is 9. The predicted molar refractivity (Wildman–Crippen MR) is 213 cm³/mol. The summed E-state index contributed by atoms with van der Waals surface area (Å²) in [6, 6.07) is 11.6. The molecule has 0 radical (unpaired) electrons. The van der Waals surface area contributed by atoms with Gasteiger partial charge in [0, 0.05) is 29.1 Å². The van der Waals surface area contributed by atoms with E-state index < -0.39 is 72.1 Å². The van der Waals surface area contributed by atoms with Gasteiger partial charge >= 0.3 is 11.9 Å². The third-order valence-corrected chi connectivity index (χ3v) is 10.5.